The Labute approximate surface area is 85.3 Å². The van der Waals surface area contributed by atoms with Crippen molar-refractivity contribution in [1.29, 1.82) is 0 Å². The van der Waals surface area contributed by atoms with Crippen LogP contribution in [0.3, 0.4) is 0 Å². The van der Waals surface area contributed by atoms with Gasteiger partial charge in [0.1, 0.15) is 0 Å². The van der Waals surface area contributed by atoms with E-state index in [1.165, 1.54) is 6.34 Å². The number of quaternary nitrogens is 1. The van der Waals surface area contributed by atoms with Crippen LogP contribution in [0.5, 0.6) is 0 Å². The van der Waals surface area contributed by atoms with E-state index in [1.54, 1.807) is 29.6 Å². The van der Waals surface area contributed by atoms with E-state index < -0.39 is 0 Å². The van der Waals surface area contributed by atoms with Gasteiger partial charge in [-0.3, -0.25) is 14.9 Å². The van der Waals surface area contributed by atoms with Gasteiger partial charge in [-0.15, -0.1) is 0 Å². The van der Waals surface area contributed by atoms with Crippen LogP contribution in [0.15, 0.2) is 40.7 Å². The molecule has 0 amide bonds. The fourth-order valence-electron chi connectivity index (χ4n) is 1.85. The van der Waals surface area contributed by atoms with Gasteiger partial charge in [0.15, 0.2) is 12.0 Å². The Morgan fingerprint density at radius 2 is 1.67 bits per heavy atom. The maximum absolute atomic E-state index is 11.9. The van der Waals surface area contributed by atoms with Crippen molar-refractivity contribution in [3.05, 3.63) is 46.8 Å². The number of Topliss-reactive ketones (excluding diaryl/α,β-unsaturated/α-hetero) is 2. The Morgan fingerprint density at radius 1 is 1.00 bits per heavy atom. The van der Waals surface area contributed by atoms with Crippen molar-refractivity contribution in [2.75, 3.05) is 0 Å². The van der Waals surface area contributed by atoms with Crippen LogP contribution in [-0.4, -0.2) is 17.9 Å². The Balaban J connectivity index is 2.29. The zero-order valence-electron chi connectivity index (χ0n) is 7.73. The summed E-state index contributed by atoms with van der Waals surface area (Å²) in [4.78, 5) is 27.7. The standard InChI is InChI=1S/C11H6N2O2/c14-10-6-3-1-2-4-7(6)11(15)9-8(10)12-5-13-9/h1-5H,(H,12,13)/p+1. The number of nitrogens with two attached hydrogens (primary N) is 1. The Kier molecular flexibility index (Phi) is 1.49. The van der Waals surface area contributed by atoms with Gasteiger partial charge < -0.3 is 0 Å². The zero-order chi connectivity index (χ0) is 10.4. The molecule has 4 nitrogen and oxygen atoms in total. The van der Waals surface area contributed by atoms with Crippen LogP contribution >= 0.6 is 0 Å². The third-order valence-corrected chi connectivity index (χ3v) is 2.58. The van der Waals surface area contributed by atoms with E-state index in [1.807, 2.05) is 0 Å². The minimum atomic E-state index is -0.162. The number of allylic oxidation sites excluding steroid dienone is 2. The molecule has 2 N–H and O–H groups in total. The van der Waals surface area contributed by atoms with Crippen molar-refractivity contribution in [1.82, 2.24) is 0 Å². The first-order valence-corrected chi connectivity index (χ1v) is 4.59. The molecule has 0 saturated carbocycles. The molecule has 0 spiro atoms. The van der Waals surface area contributed by atoms with Gasteiger partial charge >= 0.3 is 0 Å². The molecule has 2 aliphatic rings. The van der Waals surface area contributed by atoms with E-state index in [0.29, 0.717) is 16.8 Å². The molecular formula is C11H7N2O2+. The minimum absolute atomic E-state index is 0.113. The number of nitrogens with zero attached hydrogens (tertiary/aromatic N) is 1. The third-order valence-electron chi connectivity index (χ3n) is 2.58. The Morgan fingerprint density at radius 3 is 2.40 bits per heavy atom. The summed E-state index contributed by atoms with van der Waals surface area (Å²) < 4.78 is 0. The molecular weight excluding hydrogens is 192 g/mol. The van der Waals surface area contributed by atoms with Crippen molar-refractivity contribution in [2.45, 2.75) is 0 Å². The lowest BCUT2D eigenvalue weighted by Gasteiger charge is -2.11. The Bertz CT molecular complexity index is 555. The minimum Gasteiger partial charge on any atom is -0.287 e. The van der Waals surface area contributed by atoms with Crippen LogP contribution in [0, 0.1) is 0 Å². The van der Waals surface area contributed by atoms with Crippen molar-refractivity contribution in [3.8, 4) is 0 Å². The summed E-state index contributed by atoms with van der Waals surface area (Å²) in [5, 5.41) is 1.59. The quantitative estimate of drug-likeness (QED) is 0.633. The highest BCUT2D eigenvalue weighted by Crippen LogP contribution is 2.24. The van der Waals surface area contributed by atoms with Gasteiger partial charge in [0.05, 0.1) is 0 Å². The molecule has 0 saturated heterocycles. The largest absolute Gasteiger partial charge is 0.287 e. The fourth-order valence-corrected chi connectivity index (χ4v) is 1.85. The van der Waals surface area contributed by atoms with Crippen LogP contribution in [-0.2, 0) is 0 Å². The van der Waals surface area contributed by atoms with Crippen LogP contribution in [0.25, 0.3) is 0 Å². The van der Waals surface area contributed by atoms with Crippen molar-refractivity contribution >= 4 is 17.9 Å². The number of carbonyl (C=O) groups is 2. The summed E-state index contributed by atoms with van der Waals surface area (Å²) in [5.74, 6) is -0.275. The molecule has 1 aromatic rings. The second-order valence-corrected chi connectivity index (χ2v) is 3.41. The first kappa shape index (κ1) is 8.26. The summed E-state index contributed by atoms with van der Waals surface area (Å²) >= 11 is 0. The van der Waals surface area contributed by atoms with Crippen molar-refractivity contribution in [2.24, 2.45) is 4.99 Å². The fraction of sp³-hybridized carbons (Fsp3) is 0. The smallest absolute Gasteiger partial charge is 0.249 e. The molecule has 0 fully saturated rings. The maximum Gasteiger partial charge on any atom is 0.249 e. The number of aliphatic imine (C=N–C) groups is 1. The molecule has 1 aliphatic heterocycles. The van der Waals surface area contributed by atoms with E-state index in [2.05, 4.69) is 4.99 Å². The summed E-state index contributed by atoms with van der Waals surface area (Å²) in [6.45, 7) is 0. The number of rotatable bonds is 0. The molecule has 72 valence electrons. The van der Waals surface area contributed by atoms with E-state index in [0.717, 1.165) is 0 Å². The number of ketones is 2. The van der Waals surface area contributed by atoms with Gasteiger partial charge in [-0.1, -0.05) is 24.3 Å². The third kappa shape index (κ3) is 0.964. The molecule has 0 bridgehead atoms. The number of hydrogen-bond acceptors (Lipinski definition) is 3. The molecule has 1 aromatic carbocycles. The van der Waals surface area contributed by atoms with Gasteiger partial charge in [0.2, 0.25) is 17.3 Å². The lowest BCUT2D eigenvalue weighted by molar-refractivity contribution is -0.462. The van der Waals surface area contributed by atoms with E-state index in [9.17, 15) is 9.59 Å². The molecule has 3 rings (SSSR count). The van der Waals surface area contributed by atoms with Gasteiger partial charge in [0.25, 0.3) is 0 Å². The second-order valence-electron chi connectivity index (χ2n) is 3.41. The summed E-state index contributed by atoms with van der Waals surface area (Å²) in [6.07, 6.45) is 1.49. The number of carbonyl (C=O) groups excluding carboxylic acids is 2. The highest BCUT2D eigenvalue weighted by Gasteiger charge is 2.37. The highest BCUT2D eigenvalue weighted by atomic mass is 16.1. The number of hydrogen-bond donors (Lipinski definition) is 1. The summed E-state index contributed by atoms with van der Waals surface area (Å²) in [5.41, 5.74) is 1.62. The average Bonchev–Trinajstić information content (AvgIpc) is 2.75. The van der Waals surface area contributed by atoms with Crippen LogP contribution in [0.2, 0.25) is 0 Å². The number of benzene rings is 1. The normalized spacial score (nSPS) is 18.1. The molecule has 0 aromatic heterocycles. The molecule has 1 aliphatic carbocycles. The molecule has 1 heterocycles. The predicted octanol–water partition coefficient (Wildman–Crippen LogP) is -0.117. The van der Waals surface area contributed by atoms with Crippen molar-refractivity contribution < 1.29 is 14.9 Å². The van der Waals surface area contributed by atoms with E-state index >= 15 is 0 Å². The molecule has 0 atom stereocenters. The molecule has 4 heteroatoms. The molecule has 15 heavy (non-hydrogen) atoms. The predicted molar refractivity (Wildman–Crippen MR) is 52.5 cm³/mol. The monoisotopic (exact) mass is 199 g/mol. The van der Waals surface area contributed by atoms with Crippen LogP contribution < -0.4 is 5.32 Å². The maximum atomic E-state index is 11.9. The Hall–Kier alpha value is -2.07. The summed E-state index contributed by atoms with van der Waals surface area (Å²) in [7, 11) is 0. The van der Waals surface area contributed by atoms with Crippen LogP contribution in [0.1, 0.15) is 20.7 Å². The zero-order valence-corrected chi connectivity index (χ0v) is 7.73. The molecule has 0 radical (unpaired) electrons. The first-order valence-electron chi connectivity index (χ1n) is 4.59. The lowest BCUT2D eigenvalue weighted by atomic mass is 9.91. The van der Waals surface area contributed by atoms with Crippen LogP contribution in [0.4, 0.5) is 0 Å². The van der Waals surface area contributed by atoms with Crippen molar-refractivity contribution in [3.63, 3.8) is 0 Å². The topological polar surface area (TPSA) is 63.1 Å². The van der Waals surface area contributed by atoms with E-state index in [4.69, 9.17) is 0 Å². The SMILES string of the molecule is O=C1C2=C([NH2+]C=N2)C(=O)c2ccccc21. The van der Waals surface area contributed by atoms with Gasteiger partial charge in [-0.05, 0) is 0 Å². The van der Waals surface area contributed by atoms with Gasteiger partial charge in [0, 0.05) is 11.1 Å². The van der Waals surface area contributed by atoms with Gasteiger partial charge in [-0.25, -0.2) is 0 Å². The summed E-state index contributed by atoms with van der Waals surface area (Å²) in [6, 6.07) is 6.84. The number of fused-ring (bicyclic) bond motifs is 1. The highest BCUT2D eigenvalue weighted by molar-refractivity contribution is 6.26. The second kappa shape index (κ2) is 2.71. The average molecular weight is 199 g/mol. The molecule has 0 unspecified atom stereocenters. The lowest BCUT2D eigenvalue weighted by Crippen LogP contribution is -2.80. The van der Waals surface area contributed by atoms with E-state index in [-0.39, 0.29) is 17.3 Å². The van der Waals surface area contributed by atoms with Gasteiger partial charge in [-0.2, -0.15) is 4.99 Å². The first-order chi connectivity index (χ1) is 7.29.